The Bertz CT molecular complexity index is 166. The van der Waals surface area contributed by atoms with Gasteiger partial charge in [0.25, 0.3) is 0 Å². The van der Waals surface area contributed by atoms with E-state index in [4.69, 9.17) is 0 Å². The van der Waals surface area contributed by atoms with Crippen LogP contribution in [0.4, 0.5) is 0 Å². The molecule has 0 unspecified atom stereocenters. The van der Waals surface area contributed by atoms with Crippen molar-refractivity contribution >= 4 is 0 Å². The summed E-state index contributed by atoms with van der Waals surface area (Å²) in [5.41, 5.74) is 0. The van der Waals surface area contributed by atoms with Crippen molar-refractivity contribution in [1.29, 1.82) is 0 Å². The largest absolute Gasteiger partial charge is 0.298 e. The molecule has 0 aromatic carbocycles. The van der Waals surface area contributed by atoms with Crippen molar-refractivity contribution < 1.29 is 0 Å². The van der Waals surface area contributed by atoms with Gasteiger partial charge in [0.1, 0.15) is 0 Å². The normalized spacial score (nSPS) is 26.4. The van der Waals surface area contributed by atoms with Gasteiger partial charge in [-0.25, -0.2) is 0 Å². The molecule has 14 heavy (non-hydrogen) atoms. The Kier molecular flexibility index (Phi) is 4.39. The fourth-order valence-corrected chi connectivity index (χ4v) is 2.23. The van der Waals surface area contributed by atoms with Crippen molar-refractivity contribution in [1.82, 2.24) is 9.80 Å². The zero-order valence-electron chi connectivity index (χ0n) is 10.5. The highest BCUT2D eigenvalue weighted by atomic mass is 15.3. The van der Waals surface area contributed by atoms with E-state index in [0.29, 0.717) is 6.04 Å². The lowest BCUT2D eigenvalue weighted by Crippen LogP contribution is -2.54. The summed E-state index contributed by atoms with van der Waals surface area (Å²) in [5.74, 6) is 0.794. The third-order valence-corrected chi connectivity index (χ3v) is 3.13. The first-order valence-corrected chi connectivity index (χ1v) is 5.98. The molecule has 84 valence electrons. The topological polar surface area (TPSA) is 6.48 Å². The first-order chi connectivity index (χ1) is 6.50. The molecule has 1 aliphatic rings. The van der Waals surface area contributed by atoms with Crippen LogP contribution >= 0.6 is 0 Å². The van der Waals surface area contributed by atoms with Crippen LogP contribution in [0.3, 0.4) is 0 Å². The lowest BCUT2D eigenvalue weighted by atomic mass is 10.1. The maximum Gasteiger partial charge on any atom is 0.0195 e. The average molecular weight is 198 g/mol. The van der Waals surface area contributed by atoms with E-state index in [0.717, 1.165) is 12.0 Å². The van der Waals surface area contributed by atoms with Crippen molar-refractivity contribution in [3.8, 4) is 0 Å². The molecule has 1 aliphatic heterocycles. The number of rotatable bonds is 3. The minimum absolute atomic E-state index is 0.707. The molecular formula is C12H26N2. The van der Waals surface area contributed by atoms with E-state index in [1.807, 2.05) is 0 Å². The van der Waals surface area contributed by atoms with E-state index in [-0.39, 0.29) is 0 Å². The van der Waals surface area contributed by atoms with Crippen LogP contribution in [0.15, 0.2) is 0 Å². The van der Waals surface area contributed by atoms with Gasteiger partial charge in [0, 0.05) is 38.3 Å². The zero-order chi connectivity index (χ0) is 10.7. The molecular weight excluding hydrogens is 172 g/mol. The SMILES string of the molecule is CC(C)CN1CCN(C(C)C)C[C@@H]1C. The second kappa shape index (κ2) is 5.13. The summed E-state index contributed by atoms with van der Waals surface area (Å²) in [4.78, 5) is 5.21. The smallest absolute Gasteiger partial charge is 0.0195 e. The molecule has 1 atom stereocenters. The van der Waals surface area contributed by atoms with Crippen LogP contribution in [0.25, 0.3) is 0 Å². The zero-order valence-corrected chi connectivity index (χ0v) is 10.5. The highest BCUT2D eigenvalue weighted by Crippen LogP contribution is 2.13. The Labute approximate surface area is 89.3 Å². The van der Waals surface area contributed by atoms with Gasteiger partial charge in [-0.05, 0) is 26.7 Å². The molecule has 0 spiro atoms. The molecule has 2 heteroatoms. The van der Waals surface area contributed by atoms with Crippen LogP contribution < -0.4 is 0 Å². The summed E-state index contributed by atoms with van der Waals surface area (Å²) < 4.78 is 0. The van der Waals surface area contributed by atoms with Crippen LogP contribution in [0.2, 0.25) is 0 Å². The highest BCUT2D eigenvalue weighted by molar-refractivity contribution is 4.81. The van der Waals surface area contributed by atoms with Crippen LogP contribution in [-0.4, -0.2) is 48.1 Å². The van der Waals surface area contributed by atoms with Crippen LogP contribution in [0, 0.1) is 5.92 Å². The van der Waals surface area contributed by atoms with Gasteiger partial charge in [0.15, 0.2) is 0 Å². The summed E-state index contributed by atoms with van der Waals surface area (Å²) in [7, 11) is 0. The van der Waals surface area contributed by atoms with Crippen molar-refractivity contribution in [2.45, 2.75) is 46.7 Å². The van der Waals surface area contributed by atoms with E-state index >= 15 is 0 Å². The molecule has 0 aromatic rings. The molecule has 0 aliphatic carbocycles. The van der Waals surface area contributed by atoms with E-state index in [1.165, 1.54) is 26.2 Å². The standard InChI is InChI=1S/C12H26N2/c1-10(2)8-14-7-6-13(11(3)4)9-12(14)5/h10-12H,6-9H2,1-5H3/t12-/m0/s1. The Hall–Kier alpha value is -0.0800. The van der Waals surface area contributed by atoms with Crippen molar-refractivity contribution in [2.75, 3.05) is 26.2 Å². The molecule has 0 amide bonds. The molecule has 0 saturated carbocycles. The summed E-state index contributed by atoms with van der Waals surface area (Å²) >= 11 is 0. The third-order valence-electron chi connectivity index (χ3n) is 3.13. The van der Waals surface area contributed by atoms with Crippen LogP contribution in [0.1, 0.15) is 34.6 Å². The van der Waals surface area contributed by atoms with E-state index in [2.05, 4.69) is 44.4 Å². The van der Waals surface area contributed by atoms with Crippen molar-refractivity contribution in [3.05, 3.63) is 0 Å². The van der Waals surface area contributed by atoms with Gasteiger partial charge in [-0.3, -0.25) is 9.80 Å². The minimum atomic E-state index is 0.707. The summed E-state index contributed by atoms with van der Waals surface area (Å²) in [6, 6.07) is 1.44. The first-order valence-electron chi connectivity index (χ1n) is 5.98. The van der Waals surface area contributed by atoms with Gasteiger partial charge in [-0.1, -0.05) is 13.8 Å². The molecule has 1 fully saturated rings. The predicted molar refractivity (Wildman–Crippen MR) is 62.6 cm³/mol. The fraction of sp³-hybridized carbons (Fsp3) is 1.00. The number of piperazine rings is 1. The maximum atomic E-state index is 2.63. The number of nitrogens with zero attached hydrogens (tertiary/aromatic N) is 2. The molecule has 0 radical (unpaired) electrons. The first kappa shape index (κ1) is 12.0. The summed E-state index contributed by atoms with van der Waals surface area (Å²) in [6.07, 6.45) is 0. The van der Waals surface area contributed by atoms with E-state index in [9.17, 15) is 0 Å². The summed E-state index contributed by atoms with van der Waals surface area (Å²) in [5, 5.41) is 0. The van der Waals surface area contributed by atoms with Crippen molar-refractivity contribution in [3.63, 3.8) is 0 Å². The monoisotopic (exact) mass is 198 g/mol. The number of hydrogen-bond acceptors (Lipinski definition) is 2. The molecule has 1 saturated heterocycles. The van der Waals surface area contributed by atoms with Crippen molar-refractivity contribution in [2.24, 2.45) is 5.92 Å². The molecule has 2 nitrogen and oxygen atoms in total. The molecule has 1 heterocycles. The lowest BCUT2D eigenvalue weighted by Gasteiger charge is -2.42. The van der Waals surface area contributed by atoms with Gasteiger partial charge in [0.2, 0.25) is 0 Å². The molecule has 1 rings (SSSR count). The maximum absolute atomic E-state index is 2.63. The Morgan fingerprint density at radius 3 is 2.21 bits per heavy atom. The Balaban J connectivity index is 2.39. The Morgan fingerprint density at radius 1 is 1.14 bits per heavy atom. The molecule has 0 N–H and O–H groups in total. The summed E-state index contributed by atoms with van der Waals surface area (Å²) in [6.45, 7) is 16.6. The van der Waals surface area contributed by atoms with E-state index in [1.54, 1.807) is 0 Å². The third kappa shape index (κ3) is 3.25. The molecule has 0 bridgehead atoms. The van der Waals surface area contributed by atoms with Crippen LogP contribution in [-0.2, 0) is 0 Å². The second-order valence-electron chi connectivity index (χ2n) is 5.33. The van der Waals surface area contributed by atoms with Gasteiger partial charge in [-0.15, -0.1) is 0 Å². The van der Waals surface area contributed by atoms with Crippen LogP contribution in [0.5, 0.6) is 0 Å². The van der Waals surface area contributed by atoms with E-state index < -0.39 is 0 Å². The van der Waals surface area contributed by atoms with Gasteiger partial charge >= 0.3 is 0 Å². The van der Waals surface area contributed by atoms with Gasteiger partial charge in [0.05, 0.1) is 0 Å². The Morgan fingerprint density at radius 2 is 1.79 bits per heavy atom. The van der Waals surface area contributed by atoms with Gasteiger partial charge < -0.3 is 0 Å². The highest BCUT2D eigenvalue weighted by Gasteiger charge is 2.24. The predicted octanol–water partition coefficient (Wildman–Crippen LogP) is 2.06. The number of hydrogen-bond donors (Lipinski definition) is 0. The van der Waals surface area contributed by atoms with Gasteiger partial charge in [-0.2, -0.15) is 0 Å². The molecule has 0 aromatic heterocycles. The second-order valence-corrected chi connectivity index (χ2v) is 5.33. The quantitative estimate of drug-likeness (QED) is 0.685. The lowest BCUT2D eigenvalue weighted by molar-refractivity contribution is 0.0572. The fourth-order valence-electron chi connectivity index (χ4n) is 2.23. The minimum Gasteiger partial charge on any atom is -0.298 e. The average Bonchev–Trinajstić information content (AvgIpc) is 2.07.